The van der Waals surface area contributed by atoms with Crippen LogP contribution in [0.3, 0.4) is 0 Å². The first-order valence-electron chi connectivity index (χ1n) is 5.86. The van der Waals surface area contributed by atoms with Crippen molar-refractivity contribution in [3.8, 4) is 6.01 Å². The van der Waals surface area contributed by atoms with E-state index in [1.54, 1.807) is 0 Å². The summed E-state index contributed by atoms with van der Waals surface area (Å²) < 4.78 is 5.39. The third-order valence-electron chi connectivity index (χ3n) is 2.17. The molecule has 0 aromatic carbocycles. The van der Waals surface area contributed by atoms with Crippen molar-refractivity contribution >= 4 is 29.3 Å². The van der Waals surface area contributed by atoms with Crippen LogP contribution in [0.1, 0.15) is 27.2 Å². The summed E-state index contributed by atoms with van der Waals surface area (Å²) >= 11 is 7.65. The Balaban J connectivity index is 2.57. The molecular weight excluding hydrogens is 272 g/mol. The van der Waals surface area contributed by atoms with Crippen molar-refractivity contribution in [2.45, 2.75) is 38.5 Å². The predicted octanol–water partition coefficient (Wildman–Crippen LogP) is 2.87. The molecule has 0 fully saturated rings. The molecule has 0 aliphatic carbocycles. The molecule has 0 saturated heterocycles. The largest absolute Gasteiger partial charge is 0.461 e. The zero-order valence-corrected chi connectivity index (χ0v) is 12.7. The van der Waals surface area contributed by atoms with Gasteiger partial charge in [-0.1, -0.05) is 6.92 Å². The van der Waals surface area contributed by atoms with Crippen LogP contribution in [0.5, 0.6) is 6.01 Å². The Morgan fingerprint density at radius 1 is 1.28 bits per heavy atom. The smallest absolute Gasteiger partial charge is 0.322 e. The normalized spacial score (nSPS) is 12.6. The lowest BCUT2D eigenvalue weighted by molar-refractivity contribution is 0.222. The Bertz CT molecular complexity index is 378. The van der Waals surface area contributed by atoms with Crippen LogP contribution < -0.4 is 10.1 Å². The molecule has 1 rings (SSSR count). The zero-order valence-electron chi connectivity index (χ0n) is 11.1. The van der Waals surface area contributed by atoms with Gasteiger partial charge in [0.05, 0.1) is 6.10 Å². The van der Waals surface area contributed by atoms with Crippen molar-refractivity contribution in [2.24, 2.45) is 0 Å². The Morgan fingerprint density at radius 2 is 2.00 bits per heavy atom. The van der Waals surface area contributed by atoms with Crippen molar-refractivity contribution in [1.82, 2.24) is 15.0 Å². The lowest BCUT2D eigenvalue weighted by Crippen LogP contribution is -2.13. The number of hydrogen-bond donors (Lipinski definition) is 1. The molecule has 0 aliphatic rings. The van der Waals surface area contributed by atoms with Crippen molar-refractivity contribution in [3.63, 3.8) is 0 Å². The number of aromatic nitrogens is 3. The molecule has 5 nitrogen and oxygen atoms in total. The molecule has 0 saturated carbocycles. The maximum absolute atomic E-state index is 5.82. The molecule has 0 radical (unpaired) electrons. The Kier molecular flexibility index (Phi) is 6.49. The first kappa shape index (κ1) is 15.3. The van der Waals surface area contributed by atoms with E-state index >= 15 is 0 Å². The fourth-order valence-corrected chi connectivity index (χ4v) is 1.69. The van der Waals surface area contributed by atoms with Crippen LogP contribution in [0, 0.1) is 0 Å². The van der Waals surface area contributed by atoms with Crippen LogP contribution in [0.4, 0.5) is 5.95 Å². The fourth-order valence-electron chi connectivity index (χ4n) is 1.18. The van der Waals surface area contributed by atoms with Gasteiger partial charge in [0.15, 0.2) is 0 Å². The highest BCUT2D eigenvalue weighted by atomic mass is 35.5. The third-order valence-corrected chi connectivity index (χ3v) is 3.37. The Hall–Kier alpha value is -0.750. The van der Waals surface area contributed by atoms with E-state index in [0.717, 1.165) is 13.0 Å². The molecule has 0 amide bonds. The van der Waals surface area contributed by atoms with Crippen LogP contribution in [0.25, 0.3) is 0 Å². The minimum Gasteiger partial charge on any atom is -0.461 e. The highest BCUT2D eigenvalue weighted by Gasteiger charge is 2.07. The van der Waals surface area contributed by atoms with E-state index in [2.05, 4.69) is 33.4 Å². The molecule has 7 heteroatoms. The number of anilines is 1. The summed E-state index contributed by atoms with van der Waals surface area (Å²) in [4.78, 5) is 12.1. The monoisotopic (exact) mass is 290 g/mol. The summed E-state index contributed by atoms with van der Waals surface area (Å²) in [6.07, 6.45) is 3.14. The van der Waals surface area contributed by atoms with E-state index in [0.29, 0.717) is 11.2 Å². The second-order valence-electron chi connectivity index (χ2n) is 4.14. The first-order chi connectivity index (χ1) is 8.51. The summed E-state index contributed by atoms with van der Waals surface area (Å²) in [7, 11) is 0. The highest BCUT2D eigenvalue weighted by Crippen LogP contribution is 2.14. The van der Waals surface area contributed by atoms with Gasteiger partial charge in [0.25, 0.3) is 0 Å². The van der Waals surface area contributed by atoms with Crippen molar-refractivity contribution in [3.05, 3.63) is 5.28 Å². The number of thioether (sulfide) groups is 1. The number of nitrogens with zero attached hydrogens (tertiary/aromatic N) is 3. The molecular formula is C11H19ClN4OS. The van der Waals surface area contributed by atoms with E-state index in [9.17, 15) is 0 Å². The Labute approximate surface area is 117 Å². The average molecular weight is 291 g/mol. The van der Waals surface area contributed by atoms with E-state index < -0.39 is 0 Å². The first-order valence-corrected chi connectivity index (χ1v) is 7.52. The van der Waals surface area contributed by atoms with Crippen LogP contribution in [-0.4, -0.2) is 39.1 Å². The highest BCUT2D eigenvalue weighted by molar-refractivity contribution is 7.99. The maximum atomic E-state index is 5.82. The molecule has 1 N–H and O–H groups in total. The molecule has 1 aromatic rings. The number of halogens is 1. The molecule has 1 heterocycles. The minimum absolute atomic E-state index is 0.00725. The minimum atomic E-state index is 0.00725. The van der Waals surface area contributed by atoms with Gasteiger partial charge >= 0.3 is 6.01 Å². The van der Waals surface area contributed by atoms with E-state index in [4.69, 9.17) is 16.3 Å². The van der Waals surface area contributed by atoms with Gasteiger partial charge in [-0.15, -0.1) is 0 Å². The van der Waals surface area contributed by atoms with Gasteiger partial charge in [0.2, 0.25) is 11.2 Å². The van der Waals surface area contributed by atoms with Crippen LogP contribution in [0.15, 0.2) is 0 Å². The lowest BCUT2D eigenvalue weighted by atomic mass is 10.3. The van der Waals surface area contributed by atoms with Gasteiger partial charge in [0.1, 0.15) is 0 Å². The molecule has 0 bridgehead atoms. The van der Waals surface area contributed by atoms with Gasteiger partial charge in [-0.3, -0.25) is 0 Å². The van der Waals surface area contributed by atoms with Crippen LogP contribution in [0.2, 0.25) is 5.28 Å². The summed E-state index contributed by atoms with van der Waals surface area (Å²) in [5, 5.41) is 3.86. The quantitative estimate of drug-likeness (QED) is 0.833. The Morgan fingerprint density at radius 3 is 2.61 bits per heavy atom. The van der Waals surface area contributed by atoms with Gasteiger partial charge in [0, 0.05) is 11.8 Å². The standard InChI is InChI=1S/C11H19ClN4OS/c1-7(2)17-11-15-9(12)14-10(16-11)13-6-5-8(3)18-4/h7-8H,5-6H2,1-4H3,(H,13,14,15,16). The topological polar surface area (TPSA) is 59.9 Å². The maximum Gasteiger partial charge on any atom is 0.322 e. The average Bonchev–Trinajstić information content (AvgIpc) is 2.27. The zero-order chi connectivity index (χ0) is 13.5. The SMILES string of the molecule is CSC(C)CCNc1nc(Cl)nc(OC(C)C)n1. The van der Waals surface area contributed by atoms with Crippen molar-refractivity contribution in [1.29, 1.82) is 0 Å². The molecule has 0 spiro atoms. The molecule has 102 valence electrons. The number of ether oxygens (including phenoxy) is 1. The fraction of sp³-hybridized carbons (Fsp3) is 0.727. The third kappa shape index (κ3) is 5.73. The summed E-state index contributed by atoms with van der Waals surface area (Å²) in [5.74, 6) is 0.457. The van der Waals surface area contributed by atoms with Gasteiger partial charge in [-0.2, -0.15) is 26.7 Å². The molecule has 1 unspecified atom stereocenters. The second kappa shape index (κ2) is 7.63. The van der Waals surface area contributed by atoms with Crippen LogP contribution in [-0.2, 0) is 0 Å². The van der Waals surface area contributed by atoms with Gasteiger partial charge < -0.3 is 10.1 Å². The van der Waals surface area contributed by atoms with E-state index in [-0.39, 0.29) is 17.4 Å². The van der Waals surface area contributed by atoms with E-state index in [1.807, 2.05) is 25.6 Å². The van der Waals surface area contributed by atoms with E-state index in [1.165, 1.54) is 0 Å². The second-order valence-corrected chi connectivity index (χ2v) is 5.75. The summed E-state index contributed by atoms with van der Waals surface area (Å²) in [6.45, 7) is 6.79. The predicted molar refractivity (Wildman–Crippen MR) is 76.7 cm³/mol. The molecule has 18 heavy (non-hydrogen) atoms. The number of rotatable bonds is 7. The van der Waals surface area contributed by atoms with Crippen molar-refractivity contribution in [2.75, 3.05) is 18.1 Å². The molecule has 1 atom stereocenters. The number of nitrogens with one attached hydrogen (secondary N) is 1. The molecule has 0 aliphatic heterocycles. The lowest BCUT2D eigenvalue weighted by Gasteiger charge is -2.11. The van der Waals surface area contributed by atoms with Gasteiger partial charge in [-0.25, -0.2) is 0 Å². The summed E-state index contributed by atoms with van der Waals surface area (Å²) in [6, 6.07) is 0.255. The van der Waals surface area contributed by atoms with Gasteiger partial charge in [-0.05, 0) is 38.1 Å². The molecule has 1 aromatic heterocycles. The summed E-state index contributed by atoms with van der Waals surface area (Å²) in [5.41, 5.74) is 0. The van der Waals surface area contributed by atoms with Crippen LogP contribution >= 0.6 is 23.4 Å². The van der Waals surface area contributed by atoms with Crippen molar-refractivity contribution < 1.29 is 4.74 Å². The number of hydrogen-bond acceptors (Lipinski definition) is 6.